The molecule has 0 spiro atoms. The molecule has 1 aromatic carbocycles. The molecule has 0 radical (unpaired) electrons. The average molecular weight is 289 g/mol. The van der Waals surface area contributed by atoms with Crippen molar-refractivity contribution < 1.29 is 9.47 Å². The number of hydrogen-bond donors (Lipinski definition) is 0. The molecule has 1 aromatic rings. The maximum absolute atomic E-state index is 5.99. The van der Waals surface area contributed by atoms with E-state index in [0.29, 0.717) is 18.8 Å². The van der Waals surface area contributed by atoms with Crippen LogP contribution in [0.4, 0.5) is 0 Å². The SMILES string of the molecule is C=CCc1cc(C)ccc1OCCN1C[C@@H](C)O[C@@H](C)C1. The van der Waals surface area contributed by atoms with Gasteiger partial charge in [0.15, 0.2) is 0 Å². The van der Waals surface area contributed by atoms with Gasteiger partial charge in [0.2, 0.25) is 0 Å². The van der Waals surface area contributed by atoms with Crippen molar-refractivity contribution in [2.24, 2.45) is 0 Å². The van der Waals surface area contributed by atoms with E-state index in [1.165, 1.54) is 11.1 Å². The molecule has 1 aliphatic heterocycles. The molecule has 3 heteroatoms. The van der Waals surface area contributed by atoms with E-state index in [1.54, 1.807) is 0 Å². The van der Waals surface area contributed by atoms with Gasteiger partial charge in [-0.1, -0.05) is 23.8 Å². The van der Waals surface area contributed by atoms with Crippen LogP contribution >= 0.6 is 0 Å². The summed E-state index contributed by atoms with van der Waals surface area (Å²) in [5, 5.41) is 0. The van der Waals surface area contributed by atoms with E-state index in [0.717, 1.165) is 31.8 Å². The molecule has 1 fully saturated rings. The highest BCUT2D eigenvalue weighted by atomic mass is 16.5. The smallest absolute Gasteiger partial charge is 0.122 e. The summed E-state index contributed by atoms with van der Waals surface area (Å²) < 4.78 is 11.7. The number of benzene rings is 1. The zero-order chi connectivity index (χ0) is 15.2. The molecule has 0 bridgehead atoms. The molecule has 2 rings (SSSR count). The Labute approximate surface area is 128 Å². The van der Waals surface area contributed by atoms with Gasteiger partial charge in [-0.3, -0.25) is 4.90 Å². The van der Waals surface area contributed by atoms with Crippen molar-refractivity contribution in [1.82, 2.24) is 4.90 Å². The zero-order valence-electron chi connectivity index (χ0n) is 13.5. The van der Waals surface area contributed by atoms with Crippen LogP contribution in [0.25, 0.3) is 0 Å². The van der Waals surface area contributed by atoms with Gasteiger partial charge in [0, 0.05) is 19.6 Å². The van der Waals surface area contributed by atoms with Gasteiger partial charge in [0.1, 0.15) is 12.4 Å². The van der Waals surface area contributed by atoms with Crippen LogP contribution in [0.2, 0.25) is 0 Å². The topological polar surface area (TPSA) is 21.7 Å². The molecule has 0 amide bonds. The molecule has 0 N–H and O–H groups in total. The van der Waals surface area contributed by atoms with Gasteiger partial charge in [-0.25, -0.2) is 0 Å². The van der Waals surface area contributed by atoms with Gasteiger partial charge >= 0.3 is 0 Å². The van der Waals surface area contributed by atoms with E-state index in [-0.39, 0.29) is 0 Å². The first-order valence-corrected chi connectivity index (χ1v) is 7.79. The van der Waals surface area contributed by atoms with Crippen LogP contribution in [0, 0.1) is 6.92 Å². The lowest BCUT2D eigenvalue weighted by Crippen LogP contribution is -2.46. The van der Waals surface area contributed by atoms with Crippen molar-refractivity contribution in [3.05, 3.63) is 42.0 Å². The van der Waals surface area contributed by atoms with E-state index in [2.05, 4.69) is 50.4 Å². The average Bonchev–Trinajstić information content (AvgIpc) is 2.40. The van der Waals surface area contributed by atoms with Gasteiger partial charge in [-0.05, 0) is 38.8 Å². The number of allylic oxidation sites excluding steroid dienone is 1. The summed E-state index contributed by atoms with van der Waals surface area (Å²) in [6.45, 7) is 13.8. The van der Waals surface area contributed by atoms with Crippen LogP contribution in [-0.4, -0.2) is 43.3 Å². The molecule has 1 heterocycles. The third-order valence-corrected chi connectivity index (χ3v) is 3.74. The van der Waals surface area contributed by atoms with Crippen LogP contribution < -0.4 is 4.74 Å². The summed E-state index contributed by atoms with van der Waals surface area (Å²) in [5.41, 5.74) is 2.48. The van der Waals surface area contributed by atoms with Gasteiger partial charge in [-0.15, -0.1) is 6.58 Å². The van der Waals surface area contributed by atoms with Crippen LogP contribution in [0.15, 0.2) is 30.9 Å². The molecule has 1 aliphatic rings. The Hall–Kier alpha value is -1.32. The van der Waals surface area contributed by atoms with Crippen molar-refractivity contribution in [1.29, 1.82) is 0 Å². The highest BCUT2D eigenvalue weighted by Crippen LogP contribution is 2.21. The highest BCUT2D eigenvalue weighted by molar-refractivity contribution is 5.38. The predicted molar refractivity (Wildman–Crippen MR) is 87.0 cm³/mol. The Morgan fingerprint density at radius 3 is 2.71 bits per heavy atom. The Morgan fingerprint density at radius 2 is 2.05 bits per heavy atom. The lowest BCUT2D eigenvalue weighted by molar-refractivity contribution is -0.0699. The Bertz CT molecular complexity index is 462. The lowest BCUT2D eigenvalue weighted by atomic mass is 10.1. The second-order valence-electron chi connectivity index (χ2n) is 5.97. The van der Waals surface area contributed by atoms with E-state index in [1.807, 2.05) is 6.08 Å². The number of aryl methyl sites for hydroxylation is 1. The van der Waals surface area contributed by atoms with Gasteiger partial charge < -0.3 is 9.47 Å². The first-order chi connectivity index (χ1) is 10.1. The molecule has 0 unspecified atom stereocenters. The summed E-state index contributed by atoms with van der Waals surface area (Å²) >= 11 is 0. The Morgan fingerprint density at radius 1 is 1.33 bits per heavy atom. The lowest BCUT2D eigenvalue weighted by Gasteiger charge is -2.35. The standard InChI is InChI=1S/C18H27NO2/c1-5-6-17-11-14(2)7-8-18(17)20-10-9-19-12-15(3)21-16(4)13-19/h5,7-8,11,15-16H,1,6,9-10,12-13H2,2-4H3/t15-,16+. The van der Waals surface area contributed by atoms with Crippen molar-refractivity contribution in [2.75, 3.05) is 26.2 Å². The van der Waals surface area contributed by atoms with Gasteiger partial charge in [0.25, 0.3) is 0 Å². The fourth-order valence-corrected chi connectivity index (χ4v) is 2.92. The molecule has 0 aliphatic carbocycles. The third-order valence-electron chi connectivity index (χ3n) is 3.74. The summed E-state index contributed by atoms with van der Waals surface area (Å²) in [7, 11) is 0. The minimum atomic E-state index is 0.310. The first-order valence-electron chi connectivity index (χ1n) is 7.79. The maximum Gasteiger partial charge on any atom is 0.122 e. The van der Waals surface area contributed by atoms with Crippen LogP contribution in [0.5, 0.6) is 5.75 Å². The number of nitrogens with zero attached hydrogens (tertiary/aromatic N) is 1. The van der Waals surface area contributed by atoms with Crippen LogP contribution in [-0.2, 0) is 11.2 Å². The number of ether oxygens (including phenoxy) is 2. The second kappa shape index (κ2) is 7.62. The monoisotopic (exact) mass is 289 g/mol. The normalized spacial score (nSPS) is 23.0. The van der Waals surface area contributed by atoms with Gasteiger partial charge in [-0.2, -0.15) is 0 Å². The summed E-state index contributed by atoms with van der Waals surface area (Å²) in [4.78, 5) is 2.42. The Balaban J connectivity index is 1.87. The molecule has 21 heavy (non-hydrogen) atoms. The van der Waals surface area contributed by atoms with E-state index in [9.17, 15) is 0 Å². The molecule has 1 saturated heterocycles. The highest BCUT2D eigenvalue weighted by Gasteiger charge is 2.21. The summed E-state index contributed by atoms with van der Waals surface area (Å²) in [6, 6.07) is 6.34. The molecule has 0 aromatic heterocycles. The number of rotatable bonds is 6. The molecular formula is C18H27NO2. The quantitative estimate of drug-likeness (QED) is 0.751. The fraction of sp³-hybridized carbons (Fsp3) is 0.556. The molecule has 0 saturated carbocycles. The molecule has 2 atom stereocenters. The number of morpholine rings is 1. The van der Waals surface area contributed by atoms with E-state index < -0.39 is 0 Å². The predicted octanol–water partition coefficient (Wildman–Crippen LogP) is 3.21. The summed E-state index contributed by atoms with van der Waals surface area (Å²) in [6.07, 6.45) is 3.39. The Kier molecular flexibility index (Phi) is 5.83. The minimum Gasteiger partial charge on any atom is -0.492 e. The molecule has 116 valence electrons. The van der Waals surface area contributed by atoms with Crippen molar-refractivity contribution >= 4 is 0 Å². The van der Waals surface area contributed by atoms with Crippen molar-refractivity contribution in [3.63, 3.8) is 0 Å². The zero-order valence-corrected chi connectivity index (χ0v) is 13.5. The third kappa shape index (κ3) is 4.87. The second-order valence-corrected chi connectivity index (χ2v) is 5.97. The largest absolute Gasteiger partial charge is 0.492 e. The van der Waals surface area contributed by atoms with Crippen LogP contribution in [0.1, 0.15) is 25.0 Å². The molecule has 3 nitrogen and oxygen atoms in total. The first kappa shape index (κ1) is 16.1. The van der Waals surface area contributed by atoms with Crippen molar-refractivity contribution in [2.45, 2.75) is 39.4 Å². The molecular weight excluding hydrogens is 262 g/mol. The van der Waals surface area contributed by atoms with E-state index in [4.69, 9.17) is 9.47 Å². The van der Waals surface area contributed by atoms with E-state index >= 15 is 0 Å². The maximum atomic E-state index is 5.99. The summed E-state index contributed by atoms with van der Waals surface area (Å²) in [5.74, 6) is 0.981. The van der Waals surface area contributed by atoms with Crippen molar-refractivity contribution in [3.8, 4) is 5.75 Å². The fourth-order valence-electron chi connectivity index (χ4n) is 2.92. The minimum absolute atomic E-state index is 0.310. The number of hydrogen-bond acceptors (Lipinski definition) is 3. The van der Waals surface area contributed by atoms with Gasteiger partial charge in [0.05, 0.1) is 12.2 Å². The van der Waals surface area contributed by atoms with Crippen LogP contribution in [0.3, 0.4) is 0 Å².